The number of nitrogens with one attached hydrogen (secondary N) is 2. The van der Waals surface area contributed by atoms with Gasteiger partial charge in [0.05, 0.1) is 6.61 Å². The fraction of sp³-hybridized carbons (Fsp3) is 0.444. The summed E-state index contributed by atoms with van der Waals surface area (Å²) in [6.07, 6.45) is 1.72. The number of thiophene rings is 1. The molecule has 2 rings (SSSR count). The SMILES string of the molecule is CN=C(NCc1cccnc1OCCOC)NCC(C)c1ccsc1.I. The summed E-state index contributed by atoms with van der Waals surface area (Å²) in [5, 5.41) is 11.0. The fourth-order valence-electron chi connectivity index (χ4n) is 2.23. The summed E-state index contributed by atoms with van der Waals surface area (Å²) in [6, 6.07) is 6.05. The number of pyridine rings is 1. The van der Waals surface area contributed by atoms with E-state index in [0.717, 1.165) is 18.1 Å². The van der Waals surface area contributed by atoms with Gasteiger partial charge in [-0.15, -0.1) is 24.0 Å². The molecule has 0 fully saturated rings. The maximum absolute atomic E-state index is 5.66. The van der Waals surface area contributed by atoms with Gasteiger partial charge in [-0.2, -0.15) is 11.3 Å². The van der Waals surface area contributed by atoms with Crippen LogP contribution in [-0.4, -0.2) is 44.9 Å². The number of nitrogens with zero attached hydrogens (tertiary/aromatic N) is 2. The van der Waals surface area contributed by atoms with E-state index < -0.39 is 0 Å². The Labute approximate surface area is 176 Å². The Hall–Kier alpha value is -1.39. The molecule has 0 aliphatic carbocycles. The van der Waals surface area contributed by atoms with Crippen LogP contribution in [0, 0.1) is 0 Å². The third kappa shape index (κ3) is 7.46. The second-order valence-electron chi connectivity index (χ2n) is 5.57. The van der Waals surface area contributed by atoms with Crippen LogP contribution >= 0.6 is 35.3 Å². The molecule has 0 bridgehead atoms. The highest BCUT2D eigenvalue weighted by atomic mass is 127. The smallest absolute Gasteiger partial charge is 0.218 e. The predicted octanol–water partition coefficient (Wildman–Crippen LogP) is 3.26. The molecule has 0 aliphatic rings. The molecule has 2 heterocycles. The molecule has 144 valence electrons. The summed E-state index contributed by atoms with van der Waals surface area (Å²) in [5.41, 5.74) is 2.32. The van der Waals surface area contributed by atoms with Crippen LogP contribution in [0.25, 0.3) is 0 Å². The van der Waals surface area contributed by atoms with Gasteiger partial charge in [0, 0.05) is 39.0 Å². The van der Waals surface area contributed by atoms with Gasteiger partial charge >= 0.3 is 0 Å². The van der Waals surface area contributed by atoms with E-state index in [1.54, 1.807) is 31.7 Å². The molecule has 1 unspecified atom stereocenters. The van der Waals surface area contributed by atoms with Crippen LogP contribution in [0.15, 0.2) is 40.1 Å². The molecule has 0 amide bonds. The summed E-state index contributed by atoms with van der Waals surface area (Å²) < 4.78 is 10.7. The van der Waals surface area contributed by atoms with Crippen molar-refractivity contribution in [3.63, 3.8) is 0 Å². The van der Waals surface area contributed by atoms with Gasteiger partial charge in [0.15, 0.2) is 5.96 Å². The topological polar surface area (TPSA) is 67.8 Å². The summed E-state index contributed by atoms with van der Waals surface area (Å²) in [4.78, 5) is 8.56. The van der Waals surface area contributed by atoms with Crippen LogP contribution in [-0.2, 0) is 11.3 Å². The molecular weight excluding hydrogens is 463 g/mol. The molecule has 0 aliphatic heterocycles. The minimum atomic E-state index is 0. The largest absolute Gasteiger partial charge is 0.475 e. The molecule has 8 heteroatoms. The zero-order valence-corrected chi connectivity index (χ0v) is 18.5. The van der Waals surface area contributed by atoms with Crippen molar-refractivity contribution in [3.8, 4) is 5.88 Å². The fourth-order valence-corrected chi connectivity index (χ4v) is 3.02. The van der Waals surface area contributed by atoms with E-state index in [1.165, 1.54) is 5.56 Å². The summed E-state index contributed by atoms with van der Waals surface area (Å²) in [7, 11) is 3.42. The van der Waals surface area contributed by atoms with Gasteiger partial charge in [-0.1, -0.05) is 13.0 Å². The highest BCUT2D eigenvalue weighted by Gasteiger charge is 2.09. The number of aliphatic imine (C=N–C) groups is 1. The zero-order valence-electron chi connectivity index (χ0n) is 15.4. The van der Waals surface area contributed by atoms with Crippen LogP contribution < -0.4 is 15.4 Å². The number of rotatable bonds is 9. The maximum atomic E-state index is 5.66. The van der Waals surface area contributed by atoms with Crippen molar-refractivity contribution in [2.45, 2.75) is 19.4 Å². The Bertz CT molecular complexity index is 652. The normalized spacial score (nSPS) is 12.2. The minimum absolute atomic E-state index is 0. The quantitative estimate of drug-likeness (QED) is 0.245. The second kappa shape index (κ2) is 12.9. The minimum Gasteiger partial charge on any atom is -0.475 e. The standard InChI is InChI=1S/C18H26N4O2S.HI/c1-14(16-6-10-25-13-16)11-21-18(19-2)22-12-15-5-4-7-20-17(15)24-9-8-23-3;/h4-7,10,13-14H,8-9,11-12H2,1-3H3,(H2,19,21,22);1H. The molecule has 2 aromatic rings. The van der Waals surface area contributed by atoms with Crippen molar-refractivity contribution in [2.24, 2.45) is 4.99 Å². The van der Waals surface area contributed by atoms with Gasteiger partial charge in [0.2, 0.25) is 5.88 Å². The van der Waals surface area contributed by atoms with Crippen molar-refractivity contribution in [2.75, 3.05) is 33.9 Å². The highest BCUT2D eigenvalue weighted by Crippen LogP contribution is 2.17. The highest BCUT2D eigenvalue weighted by molar-refractivity contribution is 14.0. The number of guanidine groups is 1. The Morgan fingerprint density at radius 3 is 2.85 bits per heavy atom. The van der Waals surface area contributed by atoms with Crippen LogP contribution in [0.2, 0.25) is 0 Å². The summed E-state index contributed by atoms with van der Waals surface area (Å²) in [5.74, 6) is 1.80. The predicted molar refractivity (Wildman–Crippen MR) is 118 cm³/mol. The van der Waals surface area contributed by atoms with E-state index in [9.17, 15) is 0 Å². The first kappa shape index (κ1) is 22.7. The van der Waals surface area contributed by atoms with E-state index in [-0.39, 0.29) is 24.0 Å². The molecule has 2 N–H and O–H groups in total. The third-order valence-corrected chi connectivity index (χ3v) is 4.44. The van der Waals surface area contributed by atoms with E-state index in [2.05, 4.69) is 44.4 Å². The van der Waals surface area contributed by atoms with Gasteiger partial charge in [-0.05, 0) is 34.4 Å². The van der Waals surface area contributed by atoms with Crippen molar-refractivity contribution in [1.29, 1.82) is 0 Å². The van der Waals surface area contributed by atoms with Crippen molar-refractivity contribution < 1.29 is 9.47 Å². The molecule has 2 aromatic heterocycles. The third-order valence-electron chi connectivity index (χ3n) is 3.73. The van der Waals surface area contributed by atoms with Gasteiger partial charge in [-0.25, -0.2) is 4.98 Å². The van der Waals surface area contributed by atoms with E-state index in [4.69, 9.17) is 9.47 Å². The molecule has 1 atom stereocenters. The lowest BCUT2D eigenvalue weighted by molar-refractivity contribution is 0.143. The average molecular weight is 490 g/mol. The maximum Gasteiger partial charge on any atom is 0.218 e. The first-order chi connectivity index (χ1) is 12.2. The van der Waals surface area contributed by atoms with Gasteiger partial charge < -0.3 is 20.1 Å². The molecule has 0 saturated heterocycles. The lowest BCUT2D eigenvalue weighted by atomic mass is 10.1. The van der Waals surface area contributed by atoms with E-state index in [1.807, 2.05) is 12.1 Å². The second-order valence-corrected chi connectivity index (χ2v) is 6.35. The number of hydrogen-bond acceptors (Lipinski definition) is 5. The number of aromatic nitrogens is 1. The van der Waals surface area contributed by atoms with Gasteiger partial charge in [0.25, 0.3) is 0 Å². The van der Waals surface area contributed by atoms with Crippen molar-refractivity contribution in [3.05, 3.63) is 46.3 Å². The molecule has 0 radical (unpaired) electrons. The Morgan fingerprint density at radius 1 is 1.31 bits per heavy atom. The summed E-state index contributed by atoms with van der Waals surface area (Å²) >= 11 is 1.72. The molecule has 26 heavy (non-hydrogen) atoms. The lowest BCUT2D eigenvalue weighted by Gasteiger charge is -2.16. The number of methoxy groups -OCH3 is 1. The average Bonchev–Trinajstić information content (AvgIpc) is 3.17. The van der Waals surface area contributed by atoms with Gasteiger partial charge in [-0.3, -0.25) is 4.99 Å². The number of hydrogen-bond donors (Lipinski definition) is 2. The van der Waals surface area contributed by atoms with Crippen molar-refractivity contribution in [1.82, 2.24) is 15.6 Å². The molecular formula is C18H27IN4O2S. The van der Waals surface area contributed by atoms with Crippen LogP contribution in [0.4, 0.5) is 0 Å². The number of halogens is 1. The Balaban J connectivity index is 0.00000338. The number of ether oxygens (including phenoxy) is 2. The van der Waals surface area contributed by atoms with Crippen LogP contribution in [0.1, 0.15) is 24.0 Å². The lowest BCUT2D eigenvalue weighted by Crippen LogP contribution is -2.38. The first-order valence-corrected chi connectivity index (χ1v) is 9.21. The Morgan fingerprint density at radius 2 is 2.15 bits per heavy atom. The monoisotopic (exact) mass is 490 g/mol. The molecule has 0 aromatic carbocycles. The molecule has 0 saturated carbocycles. The van der Waals surface area contributed by atoms with Gasteiger partial charge in [0.1, 0.15) is 6.61 Å². The van der Waals surface area contributed by atoms with E-state index >= 15 is 0 Å². The van der Waals surface area contributed by atoms with E-state index in [0.29, 0.717) is 31.6 Å². The zero-order chi connectivity index (χ0) is 17.9. The Kier molecular flexibility index (Phi) is 11.2. The summed E-state index contributed by atoms with van der Waals surface area (Å²) in [6.45, 7) is 4.62. The van der Waals surface area contributed by atoms with Crippen LogP contribution in [0.3, 0.4) is 0 Å². The first-order valence-electron chi connectivity index (χ1n) is 8.26. The van der Waals surface area contributed by atoms with Crippen LogP contribution in [0.5, 0.6) is 5.88 Å². The molecule has 6 nitrogen and oxygen atoms in total. The molecule has 0 spiro atoms. The van der Waals surface area contributed by atoms with Crippen molar-refractivity contribution >= 4 is 41.3 Å².